The number of rotatable bonds is 5. The fourth-order valence-corrected chi connectivity index (χ4v) is 2.45. The van der Waals surface area contributed by atoms with Crippen LogP contribution in [0.5, 0.6) is 0 Å². The lowest BCUT2D eigenvalue weighted by Crippen LogP contribution is -2.27. The van der Waals surface area contributed by atoms with Crippen molar-refractivity contribution in [1.82, 2.24) is 15.1 Å². The lowest BCUT2D eigenvalue weighted by molar-refractivity contribution is 0.180. The maximum absolute atomic E-state index is 13.8. The fraction of sp³-hybridized carbons (Fsp3) is 0.429. The fourth-order valence-electron chi connectivity index (χ4n) is 2.04. The van der Waals surface area contributed by atoms with E-state index in [-0.39, 0.29) is 11.9 Å². The van der Waals surface area contributed by atoms with Gasteiger partial charge in [0, 0.05) is 23.5 Å². The molecule has 0 aliphatic heterocycles. The first-order valence-corrected chi connectivity index (χ1v) is 7.28. The summed E-state index contributed by atoms with van der Waals surface area (Å²) in [5.41, 5.74) is 0.643. The van der Waals surface area contributed by atoms with E-state index in [0.717, 1.165) is 11.0 Å². The summed E-state index contributed by atoms with van der Waals surface area (Å²) in [6.07, 6.45) is 0. The molecule has 0 radical (unpaired) electrons. The van der Waals surface area contributed by atoms with E-state index in [2.05, 4.69) is 31.0 Å². The van der Waals surface area contributed by atoms with Crippen molar-refractivity contribution in [2.24, 2.45) is 0 Å². The largest absolute Gasteiger partial charge is 0.424 e. The molecule has 4 nitrogen and oxygen atoms in total. The summed E-state index contributed by atoms with van der Waals surface area (Å²) in [4.78, 5) is 2.08. The van der Waals surface area contributed by atoms with Crippen LogP contribution < -0.4 is 0 Å². The molecule has 20 heavy (non-hydrogen) atoms. The van der Waals surface area contributed by atoms with Gasteiger partial charge in [0.25, 0.3) is 0 Å². The molecule has 1 aromatic heterocycles. The Morgan fingerprint density at radius 3 is 2.75 bits per heavy atom. The normalized spacial score (nSPS) is 12.9. The van der Waals surface area contributed by atoms with Crippen LogP contribution in [0.15, 0.2) is 27.1 Å². The van der Waals surface area contributed by atoms with E-state index in [1.807, 2.05) is 13.8 Å². The molecule has 0 saturated carbocycles. The average molecular weight is 342 g/mol. The van der Waals surface area contributed by atoms with Crippen LogP contribution in [0.4, 0.5) is 4.39 Å². The second-order valence-corrected chi connectivity index (χ2v) is 5.55. The molecule has 0 bridgehead atoms. The van der Waals surface area contributed by atoms with Gasteiger partial charge in [-0.3, -0.25) is 4.90 Å². The second-order valence-electron chi connectivity index (χ2n) is 4.63. The zero-order valence-electron chi connectivity index (χ0n) is 11.7. The maximum atomic E-state index is 13.8. The van der Waals surface area contributed by atoms with Gasteiger partial charge in [0.15, 0.2) is 0 Å². The van der Waals surface area contributed by atoms with Crippen LogP contribution in [0.1, 0.15) is 37.2 Å². The minimum absolute atomic E-state index is 0.0559. The van der Waals surface area contributed by atoms with E-state index in [1.54, 1.807) is 19.1 Å². The van der Waals surface area contributed by atoms with Crippen LogP contribution in [-0.2, 0) is 6.54 Å². The zero-order valence-corrected chi connectivity index (χ0v) is 13.3. The molecule has 0 aliphatic rings. The number of hydrogen-bond donors (Lipinski definition) is 0. The van der Waals surface area contributed by atoms with Gasteiger partial charge in [0.2, 0.25) is 11.8 Å². The van der Waals surface area contributed by atoms with Crippen molar-refractivity contribution in [2.45, 2.75) is 33.4 Å². The molecule has 108 valence electrons. The van der Waals surface area contributed by atoms with Gasteiger partial charge >= 0.3 is 0 Å². The van der Waals surface area contributed by atoms with Crippen LogP contribution in [0, 0.1) is 12.7 Å². The van der Waals surface area contributed by atoms with Crippen LogP contribution in [0.2, 0.25) is 0 Å². The molecule has 1 atom stereocenters. The molecule has 0 amide bonds. The highest BCUT2D eigenvalue weighted by Crippen LogP contribution is 2.23. The van der Waals surface area contributed by atoms with Gasteiger partial charge in [-0.2, -0.15) is 0 Å². The van der Waals surface area contributed by atoms with Crippen molar-refractivity contribution in [3.05, 3.63) is 45.8 Å². The molecule has 2 rings (SSSR count). The Bertz CT molecular complexity index is 588. The van der Waals surface area contributed by atoms with Gasteiger partial charge in [0.1, 0.15) is 5.82 Å². The van der Waals surface area contributed by atoms with Gasteiger partial charge in [-0.15, -0.1) is 10.2 Å². The number of benzene rings is 1. The monoisotopic (exact) mass is 341 g/mol. The van der Waals surface area contributed by atoms with E-state index in [1.165, 1.54) is 6.07 Å². The van der Waals surface area contributed by atoms with Gasteiger partial charge in [-0.05, 0) is 31.7 Å². The lowest BCUT2D eigenvalue weighted by atomic mass is 10.1. The molecular weight excluding hydrogens is 325 g/mol. The van der Waals surface area contributed by atoms with Crippen molar-refractivity contribution in [2.75, 3.05) is 6.54 Å². The highest BCUT2D eigenvalue weighted by molar-refractivity contribution is 9.10. The topological polar surface area (TPSA) is 42.2 Å². The summed E-state index contributed by atoms with van der Waals surface area (Å²) in [5.74, 6) is 0.886. The first-order chi connectivity index (χ1) is 9.51. The predicted molar refractivity (Wildman–Crippen MR) is 77.6 cm³/mol. The standard InChI is InChI=1S/C14H17BrFN3O/c1-4-19(9(2)14-18-17-10(3)20-14)8-11-7-12(15)5-6-13(11)16/h5-7,9H,4,8H2,1-3H3/t9-/m0/s1. The number of hydrogen-bond acceptors (Lipinski definition) is 4. The highest BCUT2D eigenvalue weighted by atomic mass is 79.9. The summed E-state index contributed by atoms with van der Waals surface area (Å²) >= 11 is 3.37. The predicted octanol–water partition coefficient (Wildman–Crippen LogP) is 3.86. The molecule has 0 fully saturated rings. The summed E-state index contributed by atoms with van der Waals surface area (Å²) in [6.45, 7) is 7.01. The minimum Gasteiger partial charge on any atom is -0.424 e. The number of aromatic nitrogens is 2. The maximum Gasteiger partial charge on any atom is 0.233 e. The van der Waals surface area contributed by atoms with Crippen LogP contribution in [-0.4, -0.2) is 21.6 Å². The SMILES string of the molecule is CCN(Cc1cc(Br)ccc1F)[C@@H](C)c1nnc(C)o1. The van der Waals surface area contributed by atoms with E-state index in [4.69, 9.17) is 4.42 Å². The molecule has 6 heteroatoms. The minimum atomic E-state index is -0.208. The quantitative estimate of drug-likeness (QED) is 0.827. The van der Waals surface area contributed by atoms with Gasteiger partial charge in [-0.25, -0.2) is 4.39 Å². The summed E-state index contributed by atoms with van der Waals surface area (Å²) < 4.78 is 20.2. The van der Waals surface area contributed by atoms with E-state index >= 15 is 0 Å². The van der Waals surface area contributed by atoms with Crippen LogP contribution >= 0.6 is 15.9 Å². The van der Waals surface area contributed by atoms with Gasteiger partial charge < -0.3 is 4.42 Å². The van der Waals surface area contributed by atoms with Crippen molar-refractivity contribution < 1.29 is 8.81 Å². The Labute approximate surface area is 126 Å². The van der Waals surface area contributed by atoms with E-state index in [9.17, 15) is 4.39 Å². The molecule has 0 unspecified atom stereocenters. The Hall–Kier alpha value is -1.27. The molecule has 2 aromatic rings. The number of halogens is 2. The van der Waals surface area contributed by atoms with Gasteiger partial charge in [-0.1, -0.05) is 22.9 Å². The number of nitrogens with zero attached hydrogens (tertiary/aromatic N) is 3. The van der Waals surface area contributed by atoms with E-state index in [0.29, 0.717) is 23.9 Å². The average Bonchev–Trinajstić information content (AvgIpc) is 2.85. The third-order valence-electron chi connectivity index (χ3n) is 3.23. The van der Waals surface area contributed by atoms with Crippen LogP contribution in [0.25, 0.3) is 0 Å². The Balaban J connectivity index is 2.18. The van der Waals surface area contributed by atoms with Crippen LogP contribution in [0.3, 0.4) is 0 Å². The molecule has 1 heterocycles. The molecular formula is C14H17BrFN3O. The highest BCUT2D eigenvalue weighted by Gasteiger charge is 2.20. The Morgan fingerprint density at radius 1 is 1.40 bits per heavy atom. The summed E-state index contributed by atoms with van der Waals surface area (Å²) in [6, 6.07) is 4.90. The Kier molecular flexibility index (Phi) is 4.88. The zero-order chi connectivity index (χ0) is 14.7. The molecule has 1 aromatic carbocycles. The molecule has 0 N–H and O–H groups in total. The molecule has 0 saturated heterocycles. The smallest absolute Gasteiger partial charge is 0.233 e. The van der Waals surface area contributed by atoms with Crippen molar-refractivity contribution in [1.29, 1.82) is 0 Å². The first-order valence-electron chi connectivity index (χ1n) is 6.49. The van der Waals surface area contributed by atoms with Crippen molar-refractivity contribution in [3.63, 3.8) is 0 Å². The Morgan fingerprint density at radius 2 is 2.15 bits per heavy atom. The molecule has 0 aliphatic carbocycles. The second kappa shape index (κ2) is 6.45. The lowest BCUT2D eigenvalue weighted by Gasteiger charge is -2.25. The first kappa shape index (κ1) is 15.1. The molecule has 0 spiro atoms. The third-order valence-corrected chi connectivity index (χ3v) is 3.73. The third kappa shape index (κ3) is 3.43. The summed E-state index contributed by atoms with van der Waals surface area (Å²) in [5, 5.41) is 7.87. The summed E-state index contributed by atoms with van der Waals surface area (Å²) in [7, 11) is 0. The van der Waals surface area contributed by atoms with Crippen molar-refractivity contribution in [3.8, 4) is 0 Å². The number of aryl methyl sites for hydroxylation is 1. The van der Waals surface area contributed by atoms with Crippen molar-refractivity contribution >= 4 is 15.9 Å². The van der Waals surface area contributed by atoms with Gasteiger partial charge in [0.05, 0.1) is 6.04 Å². The van der Waals surface area contributed by atoms with E-state index < -0.39 is 0 Å².